The van der Waals surface area contributed by atoms with Crippen LogP contribution in [0.2, 0.25) is 0 Å². The molecule has 6 nitrogen and oxygen atoms in total. The minimum Gasteiger partial charge on any atom is -0.493 e. The highest BCUT2D eigenvalue weighted by Crippen LogP contribution is 2.31. The summed E-state index contributed by atoms with van der Waals surface area (Å²) in [5, 5.41) is 10.8. The molecule has 0 radical (unpaired) electrons. The number of aliphatic hydroxyl groups is 1. The third-order valence-corrected chi connectivity index (χ3v) is 6.15. The minimum absolute atomic E-state index is 0.0436. The molecule has 0 saturated heterocycles. The highest BCUT2D eigenvalue weighted by molar-refractivity contribution is 7.89. The molecule has 1 unspecified atom stereocenters. The SMILES string of the molecule is COc1ccc(S(=O)(=O)NCC2(O)CCc3ccccc3C2)cc1OC. The third-order valence-electron chi connectivity index (χ3n) is 4.75. The van der Waals surface area contributed by atoms with Crippen LogP contribution in [-0.2, 0) is 22.9 Å². The largest absolute Gasteiger partial charge is 0.493 e. The van der Waals surface area contributed by atoms with Crippen LogP contribution < -0.4 is 14.2 Å². The number of ether oxygens (including phenoxy) is 2. The van der Waals surface area contributed by atoms with E-state index in [1.54, 1.807) is 6.07 Å². The van der Waals surface area contributed by atoms with Crippen molar-refractivity contribution in [2.75, 3.05) is 20.8 Å². The van der Waals surface area contributed by atoms with E-state index in [0.29, 0.717) is 24.3 Å². The van der Waals surface area contributed by atoms with Gasteiger partial charge < -0.3 is 14.6 Å². The zero-order valence-corrected chi connectivity index (χ0v) is 15.7. The first-order valence-electron chi connectivity index (χ1n) is 8.38. The van der Waals surface area contributed by atoms with Crippen LogP contribution >= 0.6 is 0 Å². The standard InChI is InChI=1S/C19H23NO5S/c1-24-17-8-7-16(11-18(17)25-2)26(22,23)20-13-19(21)10-9-14-5-3-4-6-15(14)12-19/h3-8,11,20-21H,9-10,12-13H2,1-2H3. The summed E-state index contributed by atoms with van der Waals surface area (Å²) in [5.74, 6) is 0.787. The summed E-state index contributed by atoms with van der Waals surface area (Å²) in [6, 6.07) is 12.3. The van der Waals surface area contributed by atoms with Crippen LogP contribution in [-0.4, -0.2) is 39.9 Å². The maximum Gasteiger partial charge on any atom is 0.240 e. The molecule has 2 N–H and O–H groups in total. The third kappa shape index (κ3) is 3.85. The van der Waals surface area contributed by atoms with Gasteiger partial charge in [0, 0.05) is 19.0 Å². The predicted octanol–water partition coefficient (Wildman–Crippen LogP) is 1.90. The normalized spacial score (nSPS) is 19.7. The van der Waals surface area contributed by atoms with Gasteiger partial charge in [-0.25, -0.2) is 13.1 Å². The minimum atomic E-state index is -3.78. The van der Waals surface area contributed by atoms with Crippen molar-refractivity contribution in [3.63, 3.8) is 0 Å². The van der Waals surface area contributed by atoms with E-state index in [-0.39, 0.29) is 11.4 Å². The average molecular weight is 377 g/mol. The Morgan fingerprint density at radius 3 is 2.46 bits per heavy atom. The quantitative estimate of drug-likeness (QED) is 0.803. The molecule has 7 heteroatoms. The molecule has 2 aromatic carbocycles. The van der Waals surface area contributed by atoms with Gasteiger partial charge in [0.05, 0.1) is 24.7 Å². The van der Waals surface area contributed by atoms with E-state index >= 15 is 0 Å². The Kier molecular flexibility index (Phi) is 5.22. The van der Waals surface area contributed by atoms with E-state index in [2.05, 4.69) is 4.72 Å². The molecule has 0 spiro atoms. The Labute approximate surface area is 153 Å². The second-order valence-corrected chi connectivity index (χ2v) is 8.28. The van der Waals surface area contributed by atoms with Crippen molar-refractivity contribution in [1.29, 1.82) is 0 Å². The Bertz CT molecular complexity index is 897. The Morgan fingerprint density at radius 2 is 1.77 bits per heavy atom. The second-order valence-electron chi connectivity index (χ2n) is 6.51. The molecule has 3 rings (SSSR count). The molecule has 0 aliphatic heterocycles. The molecule has 0 heterocycles. The number of nitrogens with one attached hydrogen (secondary N) is 1. The van der Waals surface area contributed by atoms with Crippen LogP contribution in [0.4, 0.5) is 0 Å². The van der Waals surface area contributed by atoms with Gasteiger partial charge in [-0.1, -0.05) is 24.3 Å². The number of hydrogen-bond donors (Lipinski definition) is 2. The van der Waals surface area contributed by atoms with Crippen molar-refractivity contribution in [2.45, 2.75) is 29.8 Å². The van der Waals surface area contributed by atoms with Gasteiger partial charge >= 0.3 is 0 Å². The number of fused-ring (bicyclic) bond motifs is 1. The van der Waals surface area contributed by atoms with E-state index in [4.69, 9.17) is 9.47 Å². The molecule has 1 aliphatic carbocycles. The van der Waals surface area contributed by atoms with Gasteiger partial charge in [0.25, 0.3) is 0 Å². The summed E-state index contributed by atoms with van der Waals surface area (Å²) >= 11 is 0. The average Bonchev–Trinajstić information content (AvgIpc) is 2.66. The highest BCUT2D eigenvalue weighted by Gasteiger charge is 2.33. The smallest absolute Gasteiger partial charge is 0.240 e. The number of hydrogen-bond acceptors (Lipinski definition) is 5. The van der Waals surface area contributed by atoms with E-state index < -0.39 is 15.6 Å². The summed E-state index contributed by atoms with van der Waals surface area (Å²) in [6.07, 6.45) is 1.67. The number of methoxy groups -OCH3 is 2. The summed E-state index contributed by atoms with van der Waals surface area (Å²) in [5.41, 5.74) is 1.17. The molecule has 1 atom stereocenters. The van der Waals surface area contributed by atoms with Crippen molar-refractivity contribution in [2.24, 2.45) is 0 Å². The number of aryl methyl sites for hydroxylation is 1. The first kappa shape index (κ1) is 18.7. The lowest BCUT2D eigenvalue weighted by Crippen LogP contribution is -2.46. The molecule has 1 aliphatic rings. The van der Waals surface area contributed by atoms with Gasteiger partial charge in [0.2, 0.25) is 10.0 Å². The molecule has 0 bridgehead atoms. The molecule has 0 saturated carbocycles. The van der Waals surface area contributed by atoms with Crippen LogP contribution in [0.25, 0.3) is 0 Å². The lowest BCUT2D eigenvalue weighted by molar-refractivity contribution is 0.0317. The fourth-order valence-electron chi connectivity index (χ4n) is 3.23. The summed E-state index contributed by atoms with van der Waals surface area (Å²) in [7, 11) is -0.843. The Hall–Kier alpha value is -2.09. The van der Waals surface area contributed by atoms with Crippen molar-refractivity contribution in [1.82, 2.24) is 4.72 Å². The first-order valence-corrected chi connectivity index (χ1v) is 9.86. The van der Waals surface area contributed by atoms with Crippen LogP contribution in [0.5, 0.6) is 11.5 Å². The first-order chi connectivity index (χ1) is 12.4. The van der Waals surface area contributed by atoms with Gasteiger partial charge in [0.15, 0.2) is 11.5 Å². The summed E-state index contributed by atoms with van der Waals surface area (Å²) in [6.45, 7) is -0.0436. The number of sulfonamides is 1. The van der Waals surface area contributed by atoms with Gasteiger partial charge in [-0.3, -0.25) is 0 Å². The Balaban J connectivity index is 1.74. The second kappa shape index (κ2) is 7.26. The Morgan fingerprint density at radius 1 is 1.08 bits per heavy atom. The van der Waals surface area contributed by atoms with Crippen molar-refractivity contribution < 1.29 is 23.0 Å². The maximum atomic E-state index is 12.6. The van der Waals surface area contributed by atoms with Crippen molar-refractivity contribution >= 4 is 10.0 Å². The summed E-state index contributed by atoms with van der Waals surface area (Å²) in [4.78, 5) is 0.0648. The van der Waals surface area contributed by atoms with E-state index in [1.807, 2.05) is 24.3 Å². The van der Waals surface area contributed by atoms with Gasteiger partial charge in [-0.2, -0.15) is 0 Å². The van der Waals surface area contributed by atoms with Crippen LogP contribution in [0.1, 0.15) is 17.5 Å². The van der Waals surface area contributed by atoms with E-state index in [9.17, 15) is 13.5 Å². The van der Waals surface area contributed by atoms with Crippen LogP contribution in [0.3, 0.4) is 0 Å². The lowest BCUT2D eigenvalue weighted by Gasteiger charge is -2.33. The van der Waals surface area contributed by atoms with E-state index in [1.165, 1.54) is 31.9 Å². The molecular formula is C19H23NO5S. The van der Waals surface area contributed by atoms with Gasteiger partial charge in [-0.05, 0) is 36.1 Å². The van der Waals surface area contributed by atoms with Crippen LogP contribution in [0.15, 0.2) is 47.4 Å². The molecule has 0 aromatic heterocycles. The molecule has 140 valence electrons. The molecule has 0 amide bonds. The molecule has 26 heavy (non-hydrogen) atoms. The number of benzene rings is 2. The predicted molar refractivity (Wildman–Crippen MR) is 98.2 cm³/mol. The molecule has 0 fully saturated rings. The monoisotopic (exact) mass is 377 g/mol. The van der Waals surface area contributed by atoms with Gasteiger partial charge in [0.1, 0.15) is 0 Å². The fourth-order valence-corrected chi connectivity index (χ4v) is 4.37. The molecule has 2 aromatic rings. The number of rotatable bonds is 6. The highest BCUT2D eigenvalue weighted by atomic mass is 32.2. The maximum absolute atomic E-state index is 12.6. The van der Waals surface area contributed by atoms with Gasteiger partial charge in [-0.15, -0.1) is 0 Å². The molecular weight excluding hydrogens is 354 g/mol. The fraction of sp³-hybridized carbons (Fsp3) is 0.368. The van der Waals surface area contributed by atoms with E-state index in [0.717, 1.165) is 12.0 Å². The lowest BCUT2D eigenvalue weighted by atomic mass is 9.80. The zero-order valence-electron chi connectivity index (χ0n) is 14.9. The van der Waals surface area contributed by atoms with Crippen molar-refractivity contribution in [3.05, 3.63) is 53.6 Å². The van der Waals surface area contributed by atoms with Crippen LogP contribution in [0, 0.1) is 0 Å². The van der Waals surface area contributed by atoms with Crippen molar-refractivity contribution in [3.8, 4) is 11.5 Å². The topological polar surface area (TPSA) is 84.9 Å². The summed E-state index contributed by atoms with van der Waals surface area (Å²) < 4.78 is 38.0. The zero-order chi connectivity index (χ0) is 18.8.